The van der Waals surface area contributed by atoms with Crippen LogP contribution in [0.4, 0.5) is 4.79 Å². The number of hydrogen-bond donors (Lipinski definition) is 1. The molecule has 1 aliphatic heterocycles. The molecule has 1 aromatic heterocycles. The maximum atomic E-state index is 11.9. The van der Waals surface area contributed by atoms with Crippen LogP contribution in [0, 0.1) is 5.92 Å². The predicted octanol–water partition coefficient (Wildman–Crippen LogP) is 2.76. The second-order valence-electron chi connectivity index (χ2n) is 7.51. The van der Waals surface area contributed by atoms with Crippen LogP contribution in [0.1, 0.15) is 59.2 Å². The second kappa shape index (κ2) is 7.96. The zero-order valence-corrected chi connectivity index (χ0v) is 15.5. The van der Waals surface area contributed by atoms with Crippen molar-refractivity contribution in [1.82, 2.24) is 20.4 Å². The molecule has 1 amide bonds. The topological polar surface area (TPSA) is 80.5 Å². The lowest BCUT2D eigenvalue weighted by molar-refractivity contribution is 0.0472. The number of nitrogens with zero attached hydrogens (tertiary/aromatic N) is 3. The standard InChI is InChI=1S/C17H30N4O3/c1-6-15-19-14(20-24-15)11-21-9-7-13(8-10-21)12(2)18-16(22)23-17(3,4)5/h12-13H,6-11H2,1-5H3,(H,18,22). The molecule has 24 heavy (non-hydrogen) atoms. The molecule has 0 saturated carbocycles. The predicted molar refractivity (Wildman–Crippen MR) is 90.5 cm³/mol. The number of amides is 1. The summed E-state index contributed by atoms with van der Waals surface area (Å²) < 4.78 is 10.5. The van der Waals surface area contributed by atoms with E-state index in [2.05, 4.69) is 27.3 Å². The number of hydrogen-bond acceptors (Lipinski definition) is 6. The van der Waals surface area contributed by atoms with Gasteiger partial charge in [-0.15, -0.1) is 0 Å². The van der Waals surface area contributed by atoms with Gasteiger partial charge in [-0.1, -0.05) is 12.1 Å². The van der Waals surface area contributed by atoms with E-state index in [0.717, 1.165) is 44.7 Å². The minimum atomic E-state index is -0.463. The van der Waals surface area contributed by atoms with Gasteiger partial charge in [0.25, 0.3) is 0 Å². The third-order valence-corrected chi connectivity index (χ3v) is 4.26. The van der Waals surface area contributed by atoms with Crippen molar-refractivity contribution < 1.29 is 14.1 Å². The quantitative estimate of drug-likeness (QED) is 0.889. The monoisotopic (exact) mass is 338 g/mol. The lowest BCUT2D eigenvalue weighted by atomic mass is 9.90. The van der Waals surface area contributed by atoms with Crippen LogP contribution in [0.3, 0.4) is 0 Å². The maximum Gasteiger partial charge on any atom is 0.407 e. The molecule has 1 saturated heterocycles. The molecule has 0 bridgehead atoms. The first-order valence-corrected chi connectivity index (χ1v) is 8.80. The average molecular weight is 338 g/mol. The minimum absolute atomic E-state index is 0.110. The summed E-state index contributed by atoms with van der Waals surface area (Å²) in [6.45, 7) is 12.3. The Kier molecular flexibility index (Phi) is 6.21. The summed E-state index contributed by atoms with van der Waals surface area (Å²) in [4.78, 5) is 18.6. The van der Waals surface area contributed by atoms with Crippen molar-refractivity contribution in [3.05, 3.63) is 11.7 Å². The maximum absolute atomic E-state index is 11.9. The van der Waals surface area contributed by atoms with Gasteiger partial charge in [0.1, 0.15) is 5.60 Å². The van der Waals surface area contributed by atoms with Crippen molar-refractivity contribution in [2.75, 3.05) is 13.1 Å². The average Bonchev–Trinajstić information content (AvgIpc) is 2.93. The van der Waals surface area contributed by atoms with Gasteiger partial charge in [0, 0.05) is 12.5 Å². The van der Waals surface area contributed by atoms with Crippen molar-refractivity contribution in [2.24, 2.45) is 5.92 Å². The summed E-state index contributed by atoms with van der Waals surface area (Å²) >= 11 is 0. The third kappa shape index (κ3) is 5.78. The molecule has 7 nitrogen and oxygen atoms in total. The summed E-state index contributed by atoms with van der Waals surface area (Å²) in [6, 6.07) is 0.110. The smallest absolute Gasteiger partial charge is 0.407 e. The number of alkyl carbamates (subject to hydrolysis) is 1. The van der Waals surface area contributed by atoms with E-state index < -0.39 is 5.60 Å². The van der Waals surface area contributed by atoms with E-state index in [-0.39, 0.29) is 12.1 Å². The van der Waals surface area contributed by atoms with Crippen LogP contribution in [0.15, 0.2) is 4.52 Å². The Morgan fingerprint density at radius 2 is 2.08 bits per heavy atom. The number of carbonyl (C=O) groups excluding carboxylic acids is 1. The van der Waals surface area contributed by atoms with Crippen molar-refractivity contribution >= 4 is 6.09 Å². The molecular formula is C17H30N4O3. The molecule has 2 rings (SSSR count). The van der Waals surface area contributed by atoms with Gasteiger partial charge in [-0.2, -0.15) is 4.98 Å². The summed E-state index contributed by atoms with van der Waals surface area (Å²) in [5.41, 5.74) is -0.463. The van der Waals surface area contributed by atoms with Crippen LogP contribution in [-0.4, -0.2) is 45.9 Å². The van der Waals surface area contributed by atoms with Gasteiger partial charge in [0.2, 0.25) is 5.89 Å². The molecule has 1 aliphatic rings. The van der Waals surface area contributed by atoms with Gasteiger partial charge in [0.05, 0.1) is 6.54 Å². The Balaban J connectivity index is 1.74. The molecule has 136 valence electrons. The first-order chi connectivity index (χ1) is 11.3. The molecule has 7 heteroatoms. The zero-order chi connectivity index (χ0) is 17.7. The Labute approximate surface area is 144 Å². The van der Waals surface area contributed by atoms with E-state index in [1.54, 1.807) is 0 Å². The van der Waals surface area contributed by atoms with Crippen molar-refractivity contribution in [2.45, 2.75) is 72.1 Å². The largest absolute Gasteiger partial charge is 0.444 e. The first kappa shape index (κ1) is 18.7. The summed E-state index contributed by atoms with van der Waals surface area (Å²) in [5, 5.41) is 6.97. The van der Waals surface area contributed by atoms with Gasteiger partial charge in [0.15, 0.2) is 5.82 Å². The van der Waals surface area contributed by atoms with Crippen LogP contribution >= 0.6 is 0 Å². The van der Waals surface area contributed by atoms with E-state index in [1.165, 1.54) is 0 Å². The van der Waals surface area contributed by atoms with Gasteiger partial charge < -0.3 is 14.6 Å². The zero-order valence-electron chi connectivity index (χ0n) is 15.5. The van der Waals surface area contributed by atoms with Crippen molar-refractivity contribution in [1.29, 1.82) is 0 Å². The third-order valence-electron chi connectivity index (χ3n) is 4.26. The highest BCUT2D eigenvalue weighted by Gasteiger charge is 2.27. The molecule has 0 spiro atoms. The highest BCUT2D eigenvalue weighted by molar-refractivity contribution is 5.68. The Hall–Kier alpha value is -1.63. The molecular weight excluding hydrogens is 308 g/mol. The number of rotatable bonds is 5. The van der Waals surface area contributed by atoms with Crippen LogP contribution in [0.5, 0.6) is 0 Å². The first-order valence-electron chi connectivity index (χ1n) is 8.80. The van der Waals surface area contributed by atoms with Gasteiger partial charge in [-0.25, -0.2) is 4.79 Å². The number of likely N-dealkylation sites (tertiary alicyclic amines) is 1. The summed E-state index contributed by atoms with van der Waals surface area (Å²) in [6.07, 6.45) is 2.50. The molecule has 1 unspecified atom stereocenters. The van der Waals surface area contributed by atoms with E-state index in [9.17, 15) is 4.79 Å². The number of nitrogens with one attached hydrogen (secondary N) is 1. The number of aryl methyl sites for hydroxylation is 1. The van der Waals surface area contributed by atoms with Crippen molar-refractivity contribution in [3.8, 4) is 0 Å². The molecule has 1 atom stereocenters. The Morgan fingerprint density at radius 3 is 2.62 bits per heavy atom. The van der Waals surface area contributed by atoms with E-state index >= 15 is 0 Å². The SMILES string of the molecule is CCc1nc(CN2CCC(C(C)NC(=O)OC(C)(C)C)CC2)no1. The molecule has 2 heterocycles. The van der Waals surface area contributed by atoms with Crippen LogP contribution in [-0.2, 0) is 17.7 Å². The minimum Gasteiger partial charge on any atom is -0.444 e. The molecule has 0 radical (unpaired) electrons. The Morgan fingerprint density at radius 1 is 1.42 bits per heavy atom. The lowest BCUT2D eigenvalue weighted by Gasteiger charge is -2.34. The number of piperidine rings is 1. The van der Waals surface area contributed by atoms with E-state index in [0.29, 0.717) is 11.8 Å². The van der Waals surface area contributed by atoms with Crippen LogP contribution < -0.4 is 5.32 Å². The molecule has 1 N–H and O–H groups in total. The normalized spacial score (nSPS) is 18.4. The number of aromatic nitrogens is 2. The highest BCUT2D eigenvalue weighted by atomic mass is 16.6. The van der Waals surface area contributed by atoms with Gasteiger partial charge in [-0.3, -0.25) is 4.90 Å². The fraction of sp³-hybridized carbons (Fsp3) is 0.824. The fourth-order valence-electron chi connectivity index (χ4n) is 2.92. The molecule has 0 aromatic carbocycles. The van der Waals surface area contributed by atoms with E-state index in [1.807, 2.05) is 27.7 Å². The van der Waals surface area contributed by atoms with Gasteiger partial charge >= 0.3 is 6.09 Å². The molecule has 1 aromatic rings. The van der Waals surface area contributed by atoms with Crippen LogP contribution in [0.2, 0.25) is 0 Å². The second-order valence-corrected chi connectivity index (χ2v) is 7.51. The summed E-state index contributed by atoms with van der Waals surface area (Å²) in [7, 11) is 0. The molecule has 1 fully saturated rings. The molecule has 0 aliphatic carbocycles. The highest BCUT2D eigenvalue weighted by Crippen LogP contribution is 2.22. The lowest BCUT2D eigenvalue weighted by Crippen LogP contribution is -2.45. The summed E-state index contributed by atoms with van der Waals surface area (Å²) in [5.74, 6) is 1.91. The van der Waals surface area contributed by atoms with Crippen molar-refractivity contribution in [3.63, 3.8) is 0 Å². The van der Waals surface area contributed by atoms with Gasteiger partial charge in [-0.05, 0) is 59.5 Å². The Bertz CT molecular complexity index is 530. The van der Waals surface area contributed by atoms with Crippen LogP contribution in [0.25, 0.3) is 0 Å². The van der Waals surface area contributed by atoms with E-state index in [4.69, 9.17) is 9.26 Å². The fourth-order valence-corrected chi connectivity index (χ4v) is 2.92. The number of ether oxygens (including phenoxy) is 1. The number of carbonyl (C=O) groups is 1.